The van der Waals surface area contributed by atoms with Gasteiger partial charge in [-0.25, -0.2) is 4.98 Å². The van der Waals surface area contributed by atoms with Gasteiger partial charge >= 0.3 is 0 Å². The van der Waals surface area contributed by atoms with E-state index in [2.05, 4.69) is 4.98 Å². The van der Waals surface area contributed by atoms with E-state index in [-0.39, 0.29) is 11.7 Å². The van der Waals surface area contributed by atoms with Gasteiger partial charge in [0.2, 0.25) is 0 Å². The Kier molecular flexibility index (Phi) is 4.28. The van der Waals surface area contributed by atoms with Crippen molar-refractivity contribution >= 4 is 17.4 Å². The summed E-state index contributed by atoms with van der Waals surface area (Å²) in [7, 11) is 3.47. The predicted molar refractivity (Wildman–Crippen MR) is 66.9 cm³/mol. The third-order valence-electron chi connectivity index (χ3n) is 2.56. The van der Waals surface area contributed by atoms with Gasteiger partial charge in [-0.15, -0.1) is 0 Å². The average Bonchev–Trinajstić information content (AvgIpc) is 2.28. The molecule has 0 radical (unpaired) electrons. The molecular weight excluding hydrogens is 220 g/mol. The first-order chi connectivity index (χ1) is 7.97. The van der Waals surface area contributed by atoms with Gasteiger partial charge in [0.1, 0.15) is 5.69 Å². The molecule has 17 heavy (non-hydrogen) atoms. The van der Waals surface area contributed by atoms with Crippen LogP contribution < -0.4 is 16.4 Å². The number of hydrogen-bond acceptors (Lipinski definition) is 5. The smallest absolute Gasteiger partial charge is 0.267 e. The van der Waals surface area contributed by atoms with Crippen LogP contribution >= 0.6 is 0 Å². The summed E-state index contributed by atoms with van der Waals surface area (Å²) in [6.07, 6.45) is 0. The summed E-state index contributed by atoms with van der Waals surface area (Å²) in [4.78, 5) is 17.1. The monoisotopic (exact) mass is 238 g/mol. The summed E-state index contributed by atoms with van der Waals surface area (Å²) in [6.45, 7) is 2.51. The highest BCUT2D eigenvalue weighted by molar-refractivity contribution is 5.91. The Morgan fingerprint density at radius 3 is 2.76 bits per heavy atom. The van der Waals surface area contributed by atoms with E-state index in [0.717, 1.165) is 0 Å². The van der Waals surface area contributed by atoms with Gasteiger partial charge in [-0.3, -0.25) is 4.79 Å². The quantitative estimate of drug-likeness (QED) is 0.766. The molecule has 1 amide bonds. The first-order valence-corrected chi connectivity index (χ1v) is 5.25. The molecule has 1 atom stereocenters. The minimum Gasteiger partial charge on any atom is -0.396 e. The lowest BCUT2D eigenvalue weighted by Crippen LogP contribution is -2.34. The van der Waals surface area contributed by atoms with Crippen LogP contribution in [0.25, 0.3) is 0 Å². The number of anilines is 2. The van der Waals surface area contributed by atoms with Gasteiger partial charge in [0.15, 0.2) is 5.82 Å². The number of nitrogen functional groups attached to an aromatic ring is 1. The number of nitrogens with zero attached hydrogens (tertiary/aromatic N) is 2. The molecule has 1 aromatic rings. The van der Waals surface area contributed by atoms with E-state index in [1.54, 1.807) is 13.2 Å². The molecule has 4 N–H and O–H groups in total. The Morgan fingerprint density at radius 2 is 2.24 bits per heavy atom. The number of pyridine rings is 1. The number of rotatable bonds is 5. The molecular formula is C11H18N4O2. The van der Waals surface area contributed by atoms with Crippen molar-refractivity contribution in [1.82, 2.24) is 4.98 Å². The first kappa shape index (κ1) is 13.2. The molecule has 6 nitrogen and oxygen atoms in total. The minimum absolute atomic E-state index is 0.0953. The second kappa shape index (κ2) is 5.49. The summed E-state index contributed by atoms with van der Waals surface area (Å²) < 4.78 is 5.06. The maximum atomic E-state index is 11.1. The summed E-state index contributed by atoms with van der Waals surface area (Å²) in [5, 5.41) is 0. The van der Waals surface area contributed by atoms with Gasteiger partial charge < -0.3 is 21.1 Å². The minimum atomic E-state index is -0.570. The van der Waals surface area contributed by atoms with Gasteiger partial charge in [-0.1, -0.05) is 0 Å². The van der Waals surface area contributed by atoms with Crippen LogP contribution in [0.1, 0.15) is 17.4 Å². The first-order valence-electron chi connectivity index (χ1n) is 5.25. The molecule has 1 aromatic heterocycles. The van der Waals surface area contributed by atoms with Crippen LogP contribution in [0.4, 0.5) is 11.5 Å². The number of likely N-dealkylation sites (N-methyl/N-ethyl adjacent to an activating group) is 1. The van der Waals surface area contributed by atoms with Crippen molar-refractivity contribution in [3.05, 3.63) is 17.8 Å². The van der Waals surface area contributed by atoms with Gasteiger partial charge in [-0.2, -0.15) is 0 Å². The van der Waals surface area contributed by atoms with Crippen LogP contribution in [0, 0.1) is 0 Å². The molecule has 0 saturated heterocycles. The highest BCUT2D eigenvalue weighted by atomic mass is 16.5. The second-order valence-corrected chi connectivity index (χ2v) is 3.89. The number of amides is 1. The van der Waals surface area contributed by atoms with Crippen LogP contribution in [0.2, 0.25) is 0 Å². The van der Waals surface area contributed by atoms with Crippen LogP contribution in [-0.4, -0.2) is 37.7 Å². The lowest BCUT2D eigenvalue weighted by atomic mass is 10.2. The SMILES string of the molecule is COCC(C)N(C)c1nc(C(N)=O)ccc1N. The molecule has 6 heteroatoms. The molecule has 1 rings (SSSR count). The standard InChI is InChI=1S/C11H18N4O2/c1-7(6-17-3)15(2)11-8(12)4-5-9(14-11)10(13)16/h4-5,7H,6,12H2,1-3H3,(H2,13,16). The normalized spacial score (nSPS) is 12.2. The lowest BCUT2D eigenvalue weighted by molar-refractivity contribution is 0.0995. The Labute approximate surface area is 101 Å². The van der Waals surface area contributed by atoms with Crippen molar-refractivity contribution in [1.29, 1.82) is 0 Å². The number of primary amides is 1. The van der Waals surface area contributed by atoms with Gasteiger partial charge in [0.25, 0.3) is 5.91 Å². The lowest BCUT2D eigenvalue weighted by Gasteiger charge is -2.26. The van der Waals surface area contributed by atoms with Crippen LogP contribution in [0.5, 0.6) is 0 Å². The topological polar surface area (TPSA) is 94.5 Å². The van der Waals surface area contributed by atoms with Gasteiger partial charge in [-0.05, 0) is 19.1 Å². The molecule has 0 saturated carbocycles. The number of methoxy groups -OCH3 is 1. The van der Waals surface area contributed by atoms with Crippen molar-refractivity contribution in [2.24, 2.45) is 5.73 Å². The number of hydrogen-bond donors (Lipinski definition) is 2. The Hall–Kier alpha value is -1.82. The zero-order valence-corrected chi connectivity index (χ0v) is 10.3. The van der Waals surface area contributed by atoms with E-state index in [9.17, 15) is 4.79 Å². The molecule has 0 fully saturated rings. The van der Waals surface area contributed by atoms with E-state index < -0.39 is 5.91 Å². The number of aromatic nitrogens is 1. The van der Waals surface area contributed by atoms with Crippen LogP contribution in [-0.2, 0) is 4.74 Å². The van der Waals surface area contributed by atoms with E-state index >= 15 is 0 Å². The number of carbonyl (C=O) groups is 1. The predicted octanol–water partition coefficient (Wildman–Crippen LogP) is 0.234. The van der Waals surface area contributed by atoms with Crippen molar-refractivity contribution in [2.75, 3.05) is 31.4 Å². The highest BCUT2D eigenvalue weighted by Gasteiger charge is 2.15. The molecule has 0 bridgehead atoms. The highest BCUT2D eigenvalue weighted by Crippen LogP contribution is 2.21. The van der Waals surface area contributed by atoms with Gasteiger partial charge in [0, 0.05) is 14.2 Å². The van der Waals surface area contributed by atoms with Crippen molar-refractivity contribution in [3.63, 3.8) is 0 Å². The zero-order valence-electron chi connectivity index (χ0n) is 10.3. The fourth-order valence-corrected chi connectivity index (χ4v) is 1.44. The molecule has 0 aromatic carbocycles. The maximum Gasteiger partial charge on any atom is 0.267 e. The third-order valence-corrected chi connectivity index (χ3v) is 2.56. The van der Waals surface area contributed by atoms with Crippen molar-refractivity contribution < 1.29 is 9.53 Å². The fraction of sp³-hybridized carbons (Fsp3) is 0.455. The largest absolute Gasteiger partial charge is 0.396 e. The third kappa shape index (κ3) is 3.07. The Morgan fingerprint density at radius 1 is 1.59 bits per heavy atom. The number of carbonyl (C=O) groups excluding carboxylic acids is 1. The molecule has 0 aliphatic rings. The zero-order chi connectivity index (χ0) is 13.0. The van der Waals surface area contributed by atoms with Crippen molar-refractivity contribution in [2.45, 2.75) is 13.0 Å². The van der Waals surface area contributed by atoms with Crippen LogP contribution in [0.3, 0.4) is 0 Å². The number of ether oxygens (including phenoxy) is 1. The maximum absolute atomic E-state index is 11.1. The van der Waals surface area contributed by atoms with Crippen LogP contribution in [0.15, 0.2) is 12.1 Å². The molecule has 1 heterocycles. The van der Waals surface area contributed by atoms with E-state index in [0.29, 0.717) is 18.1 Å². The molecule has 0 aliphatic heterocycles. The summed E-state index contributed by atoms with van der Waals surface area (Å²) in [5.41, 5.74) is 11.7. The number of nitrogens with two attached hydrogens (primary N) is 2. The molecule has 0 spiro atoms. The summed E-state index contributed by atoms with van der Waals surface area (Å²) in [6, 6.07) is 3.23. The average molecular weight is 238 g/mol. The second-order valence-electron chi connectivity index (χ2n) is 3.89. The van der Waals surface area contributed by atoms with Gasteiger partial charge in [0.05, 0.1) is 18.3 Å². The van der Waals surface area contributed by atoms with E-state index in [1.807, 2.05) is 18.9 Å². The Balaban J connectivity index is 3.03. The van der Waals surface area contributed by atoms with E-state index in [4.69, 9.17) is 16.2 Å². The summed E-state index contributed by atoms with van der Waals surface area (Å²) >= 11 is 0. The summed E-state index contributed by atoms with van der Waals surface area (Å²) in [5.74, 6) is -0.0371. The van der Waals surface area contributed by atoms with Crippen molar-refractivity contribution in [3.8, 4) is 0 Å². The molecule has 0 aliphatic carbocycles. The molecule has 1 unspecified atom stereocenters. The Bertz CT molecular complexity index is 408. The van der Waals surface area contributed by atoms with E-state index in [1.165, 1.54) is 6.07 Å². The molecule has 94 valence electrons. The fourth-order valence-electron chi connectivity index (χ4n) is 1.44.